The number of nitrogens with one attached hydrogen (secondary N) is 2. The van der Waals surface area contributed by atoms with Gasteiger partial charge >= 0.3 is 0 Å². The number of sulfonamides is 1. The molecular formula is C9H12BrFN2O2S. The smallest absolute Gasteiger partial charge is 0.234 e. The zero-order chi connectivity index (χ0) is 12.2. The van der Waals surface area contributed by atoms with Crippen LogP contribution in [-0.2, 0) is 10.0 Å². The van der Waals surface area contributed by atoms with Gasteiger partial charge in [0.1, 0.15) is 5.82 Å². The Bertz CT molecular complexity index is 465. The van der Waals surface area contributed by atoms with E-state index in [1.54, 1.807) is 13.1 Å². The standard InChI is InChI=1S/C9H12BrFN2O2S/c1-12-4-5-16(14,15)13-9-3-2-7(10)6-8(9)11/h2-3,6,12-13H,4-5H2,1H3. The van der Waals surface area contributed by atoms with Crippen molar-refractivity contribution in [1.82, 2.24) is 5.32 Å². The minimum Gasteiger partial charge on any atom is -0.319 e. The van der Waals surface area contributed by atoms with Crippen molar-refractivity contribution in [2.24, 2.45) is 0 Å². The van der Waals surface area contributed by atoms with Crippen LogP contribution in [0.15, 0.2) is 22.7 Å². The molecular weight excluding hydrogens is 299 g/mol. The zero-order valence-electron chi connectivity index (χ0n) is 8.63. The molecule has 0 radical (unpaired) electrons. The van der Waals surface area contributed by atoms with Gasteiger partial charge in [-0.3, -0.25) is 4.72 Å². The molecule has 1 aromatic rings. The van der Waals surface area contributed by atoms with Crippen molar-refractivity contribution in [3.05, 3.63) is 28.5 Å². The van der Waals surface area contributed by atoms with Gasteiger partial charge < -0.3 is 5.32 Å². The van der Waals surface area contributed by atoms with E-state index in [2.05, 4.69) is 26.0 Å². The maximum atomic E-state index is 13.3. The summed E-state index contributed by atoms with van der Waals surface area (Å²) in [5, 5.41) is 2.71. The lowest BCUT2D eigenvalue weighted by atomic mass is 10.3. The summed E-state index contributed by atoms with van der Waals surface area (Å²) in [6.45, 7) is 0.313. The van der Waals surface area contributed by atoms with E-state index in [9.17, 15) is 12.8 Å². The van der Waals surface area contributed by atoms with Gasteiger partial charge in [-0.15, -0.1) is 0 Å². The van der Waals surface area contributed by atoms with Crippen LogP contribution in [0.3, 0.4) is 0 Å². The number of benzene rings is 1. The first-order chi connectivity index (χ1) is 7.44. The molecule has 0 aliphatic heterocycles. The van der Waals surface area contributed by atoms with E-state index in [4.69, 9.17) is 0 Å². The Morgan fingerprint density at radius 1 is 1.44 bits per heavy atom. The molecule has 2 N–H and O–H groups in total. The molecule has 16 heavy (non-hydrogen) atoms. The molecule has 0 atom stereocenters. The van der Waals surface area contributed by atoms with Crippen LogP contribution in [0.25, 0.3) is 0 Å². The third-order valence-corrected chi connectivity index (χ3v) is 3.58. The summed E-state index contributed by atoms with van der Waals surface area (Å²) < 4.78 is 39.0. The Labute approximate surface area is 102 Å². The minimum absolute atomic E-state index is 0.0423. The number of hydrogen-bond donors (Lipinski definition) is 2. The molecule has 0 saturated heterocycles. The van der Waals surface area contributed by atoms with Crippen molar-refractivity contribution >= 4 is 31.6 Å². The van der Waals surface area contributed by atoms with Crippen molar-refractivity contribution in [3.8, 4) is 0 Å². The monoisotopic (exact) mass is 310 g/mol. The first-order valence-corrected chi connectivity index (χ1v) is 6.99. The van der Waals surface area contributed by atoms with Gasteiger partial charge in [0.25, 0.3) is 0 Å². The molecule has 0 fully saturated rings. The highest BCUT2D eigenvalue weighted by molar-refractivity contribution is 9.10. The summed E-state index contributed by atoms with van der Waals surface area (Å²) in [4.78, 5) is 0. The molecule has 7 heteroatoms. The summed E-state index contributed by atoms with van der Waals surface area (Å²) in [6, 6.07) is 4.14. The molecule has 4 nitrogen and oxygen atoms in total. The number of rotatable bonds is 5. The van der Waals surface area contributed by atoms with Gasteiger partial charge in [0.2, 0.25) is 10.0 Å². The molecule has 1 aromatic carbocycles. The second-order valence-electron chi connectivity index (χ2n) is 3.15. The van der Waals surface area contributed by atoms with E-state index >= 15 is 0 Å². The number of anilines is 1. The highest BCUT2D eigenvalue weighted by Crippen LogP contribution is 2.20. The van der Waals surface area contributed by atoms with Crippen LogP contribution in [0, 0.1) is 5.82 Å². The predicted octanol–water partition coefficient (Wildman–Crippen LogP) is 1.55. The van der Waals surface area contributed by atoms with E-state index in [1.165, 1.54) is 12.1 Å². The first-order valence-electron chi connectivity index (χ1n) is 4.55. The molecule has 0 aromatic heterocycles. The molecule has 0 amide bonds. The zero-order valence-corrected chi connectivity index (χ0v) is 11.0. The Balaban J connectivity index is 2.80. The van der Waals surface area contributed by atoms with Crippen LogP contribution in [0.5, 0.6) is 0 Å². The molecule has 0 aliphatic carbocycles. The van der Waals surface area contributed by atoms with Crippen LogP contribution in [0.4, 0.5) is 10.1 Å². The van der Waals surface area contributed by atoms with Gasteiger partial charge in [0, 0.05) is 11.0 Å². The van der Waals surface area contributed by atoms with Gasteiger partial charge in [-0.2, -0.15) is 0 Å². The highest BCUT2D eigenvalue weighted by atomic mass is 79.9. The van der Waals surface area contributed by atoms with Gasteiger partial charge in [0.05, 0.1) is 11.4 Å². The third kappa shape index (κ3) is 4.07. The van der Waals surface area contributed by atoms with E-state index < -0.39 is 15.8 Å². The maximum absolute atomic E-state index is 13.3. The van der Waals surface area contributed by atoms with E-state index in [1.807, 2.05) is 0 Å². The summed E-state index contributed by atoms with van der Waals surface area (Å²) in [5.74, 6) is -0.707. The van der Waals surface area contributed by atoms with E-state index in [0.29, 0.717) is 11.0 Å². The highest BCUT2D eigenvalue weighted by Gasteiger charge is 2.12. The topological polar surface area (TPSA) is 58.2 Å². The molecule has 0 heterocycles. The van der Waals surface area contributed by atoms with Crippen molar-refractivity contribution in [3.63, 3.8) is 0 Å². The summed E-state index contributed by atoms with van der Waals surface area (Å²) in [7, 11) is -1.85. The van der Waals surface area contributed by atoms with Crippen molar-refractivity contribution < 1.29 is 12.8 Å². The molecule has 90 valence electrons. The average Bonchev–Trinajstić information content (AvgIpc) is 2.19. The van der Waals surface area contributed by atoms with Crippen LogP contribution in [0.2, 0.25) is 0 Å². The number of halogens is 2. The molecule has 1 rings (SSSR count). The third-order valence-electron chi connectivity index (χ3n) is 1.82. The fourth-order valence-corrected chi connectivity index (χ4v) is 2.44. The summed E-state index contributed by atoms with van der Waals surface area (Å²) in [5.41, 5.74) is -0.0423. The molecule has 0 bridgehead atoms. The van der Waals surface area contributed by atoms with Crippen LogP contribution >= 0.6 is 15.9 Å². The normalized spacial score (nSPS) is 11.4. The van der Waals surface area contributed by atoms with Crippen molar-refractivity contribution in [2.45, 2.75) is 0 Å². The molecule has 0 spiro atoms. The van der Waals surface area contributed by atoms with E-state index in [-0.39, 0.29) is 11.4 Å². The Morgan fingerprint density at radius 2 is 2.12 bits per heavy atom. The summed E-state index contributed by atoms with van der Waals surface area (Å²) in [6.07, 6.45) is 0. The molecule has 0 saturated carbocycles. The minimum atomic E-state index is -3.50. The second kappa shape index (κ2) is 5.60. The molecule has 0 unspecified atom stereocenters. The Morgan fingerprint density at radius 3 is 2.69 bits per heavy atom. The SMILES string of the molecule is CNCCS(=O)(=O)Nc1ccc(Br)cc1F. The molecule has 0 aliphatic rings. The van der Waals surface area contributed by atoms with Crippen LogP contribution < -0.4 is 10.0 Å². The van der Waals surface area contributed by atoms with Gasteiger partial charge in [-0.05, 0) is 25.2 Å². The predicted molar refractivity (Wildman–Crippen MR) is 65.4 cm³/mol. The Hall–Kier alpha value is -0.660. The summed E-state index contributed by atoms with van der Waals surface area (Å²) >= 11 is 3.09. The largest absolute Gasteiger partial charge is 0.319 e. The van der Waals surface area contributed by atoms with Crippen LogP contribution in [-0.4, -0.2) is 27.8 Å². The number of hydrogen-bond acceptors (Lipinski definition) is 3. The van der Waals surface area contributed by atoms with E-state index in [0.717, 1.165) is 0 Å². The lowest BCUT2D eigenvalue weighted by Crippen LogP contribution is -2.24. The second-order valence-corrected chi connectivity index (χ2v) is 5.91. The van der Waals surface area contributed by atoms with Crippen LogP contribution in [0.1, 0.15) is 0 Å². The lowest BCUT2D eigenvalue weighted by molar-refractivity contribution is 0.596. The fraction of sp³-hybridized carbons (Fsp3) is 0.333. The van der Waals surface area contributed by atoms with Crippen molar-refractivity contribution in [1.29, 1.82) is 0 Å². The van der Waals surface area contributed by atoms with Crippen molar-refractivity contribution in [2.75, 3.05) is 24.1 Å². The maximum Gasteiger partial charge on any atom is 0.234 e. The van der Waals surface area contributed by atoms with Gasteiger partial charge in [0.15, 0.2) is 0 Å². The lowest BCUT2D eigenvalue weighted by Gasteiger charge is -2.08. The Kier molecular flexibility index (Phi) is 4.69. The van der Waals surface area contributed by atoms with Gasteiger partial charge in [-0.1, -0.05) is 15.9 Å². The van der Waals surface area contributed by atoms with Gasteiger partial charge in [-0.25, -0.2) is 12.8 Å². The quantitative estimate of drug-likeness (QED) is 0.867. The first kappa shape index (κ1) is 13.4. The fourth-order valence-electron chi connectivity index (χ4n) is 1.03. The average molecular weight is 311 g/mol.